The first-order chi connectivity index (χ1) is 18.1. The molecule has 0 aliphatic heterocycles. The summed E-state index contributed by atoms with van der Waals surface area (Å²) >= 11 is 0. The van der Waals surface area contributed by atoms with Gasteiger partial charge in [-0.1, -0.05) is 36.4 Å². The van der Waals surface area contributed by atoms with Crippen LogP contribution in [0.15, 0.2) is 77.5 Å². The number of nitrogens with one attached hydrogen (secondary N) is 1. The Bertz CT molecular complexity index is 1450. The van der Waals surface area contributed by atoms with Crippen molar-refractivity contribution in [3.05, 3.63) is 89.8 Å². The van der Waals surface area contributed by atoms with E-state index in [1.807, 2.05) is 42.6 Å². The summed E-state index contributed by atoms with van der Waals surface area (Å²) < 4.78 is 18.1. The topological polar surface area (TPSA) is 90.0 Å². The van der Waals surface area contributed by atoms with E-state index in [1.165, 1.54) is 5.56 Å². The third kappa shape index (κ3) is 5.57. The number of aromatic nitrogens is 4. The largest absolute Gasteiger partial charge is 0.493 e. The molecule has 190 valence electrons. The predicted octanol–water partition coefficient (Wildman–Crippen LogP) is 4.69. The monoisotopic (exact) mass is 498 g/mol. The average Bonchev–Trinajstić information content (AvgIpc) is 3.63. The highest BCUT2D eigenvalue weighted by molar-refractivity contribution is 5.58. The second-order valence-corrected chi connectivity index (χ2v) is 8.77. The van der Waals surface area contributed by atoms with Gasteiger partial charge in [0.25, 0.3) is 0 Å². The van der Waals surface area contributed by atoms with E-state index in [-0.39, 0.29) is 0 Å². The second-order valence-electron chi connectivity index (χ2n) is 8.77. The maximum absolute atomic E-state index is 5.56. The minimum absolute atomic E-state index is 0.514. The van der Waals surface area contributed by atoms with Crippen LogP contribution in [0.5, 0.6) is 11.5 Å². The molecule has 0 bridgehead atoms. The fourth-order valence-electron chi connectivity index (χ4n) is 4.17. The van der Waals surface area contributed by atoms with Gasteiger partial charge in [-0.05, 0) is 48.9 Å². The van der Waals surface area contributed by atoms with Gasteiger partial charge in [-0.3, -0.25) is 0 Å². The van der Waals surface area contributed by atoms with Crippen LogP contribution < -0.4 is 14.8 Å². The first kappa shape index (κ1) is 24.3. The lowest BCUT2D eigenvalue weighted by Gasteiger charge is -2.17. The molecule has 2 aromatic carbocycles. The fraction of sp³-hybridized carbons (Fsp3) is 0.250. The van der Waals surface area contributed by atoms with Crippen molar-refractivity contribution in [1.29, 1.82) is 0 Å². The third-order valence-corrected chi connectivity index (χ3v) is 6.14. The van der Waals surface area contributed by atoms with Gasteiger partial charge < -0.3 is 24.1 Å². The highest BCUT2D eigenvalue weighted by Gasteiger charge is 2.17. The average molecular weight is 499 g/mol. The third-order valence-electron chi connectivity index (χ3n) is 6.14. The maximum Gasteiger partial charge on any atom is 0.226 e. The number of rotatable bonds is 11. The van der Waals surface area contributed by atoms with Crippen LogP contribution in [0.25, 0.3) is 17.2 Å². The van der Waals surface area contributed by atoms with E-state index in [4.69, 9.17) is 29.0 Å². The smallest absolute Gasteiger partial charge is 0.226 e. The Morgan fingerprint density at radius 3 is 2.57 bits per heavy atom. The minimum Gasteiger partial charge on any atom is -0.493 e. The van der Waals surface area contributed by atoms with Crippen molar-refractivity contribution in [3.8, 4) is 23.1 Å². The first-order valence-corrected chi connectivity index (χ1v) is 12.1. The Labute approximate surface area is 215 Å². The lowest BCUT2D eigenvalue weighted by Crippen LogP contribution is -2.21. The Hall–Kier alpha value is -4.37. The summed E-state index contributed by atoms with van der Waals surface area (Å²) in [5.41, 5.74) is 4.05. The molecule has 0 amide bonds. The number of hydrogen-bond donors (Lipinski definition) is 1. The zero-order chi connectivity index (χ0) is 25.6. The standard InChI is InChI=1S/C28H30N6O3/c1-33(14-13-20-8-5-4-6-9-20)19-22-18-30-28(29-17-21-11-12-23(35-2)25(16-21)36-3)34-27(22)31-26(32-34)24-10-7-15-37-24/h4-12,15-16,18H,13-14,17,19H2,1-3H3,(H,29,30). The van der Waals surface area contributed by atoms with E-state index in [9.17, 15) is 0 Å². The summed E-state index contributed by atoms with van der Waals surface area (Å²) in [5.74, 6) is 3.07. The molecular formula is C28H30N6O3. The van der Waals surface area contributed by atoms with Crippen molar-refractivity contribution in [2.75, 3.05) is 33.1 Å². The number of ether oxygens (including phenoxy) is 2. The highest BCUT2D eigenvalue weighted by atomic mass is 16.5. The molecule has 0 aliphatic carbocycles. The molecule has 5 aromatic rings. The van der Waals surface area contributed by atoms with Crippen LogP contribution >= 0.6 is 0 Å². The van der Waals surface area contributed by atoms with Crippen LogP contribution in [0.3, 0.4) is 0 Å². The summed E-state index contributed by atoms with van der Waals surface area (Å²) in [5, 5.41) is 8.10. The Morgan fingerprint density at radius 2 is 1.81 bits per heavy atom. The van der Waals surface area contributed by atoms with Gasteiger partial charge in [0.15, 0.2) is 22.9 Å². The molecule has 0 saturated carbocycles. The molecule has 3 heterocycles. The van der Waals surface area contributed by atoms with E-state index in [1.54, 1.807) is 25.0 Å². The number of fused-ring (bicyclic) bond motifs is 1. The summed E-state index contributed by atoms with van der Waals surface area (Å²) in [6, 6.07) is 20.0. The van der Waals surface area contributed by atoms with Crippen LogP contribution in [0.1, 0.15) is 16.7 Å². The summed E-state index contributed by atoms with van der Waals surface area (Å²) in [6.07, 6.45) is 4.45. The molecule has 0 unspecified atom stereocenters. The Balaban J connectivity index is 1.39. The van der Waals surface area contributed by atoms with Crippen molar-refractivity contribution in [2.45, 2.75) is 19.5 Å². The normalized spacial score (nSPS) is 11.2. The molecule has 0 saturated heterocycles. The van der Waals surface area contributed by atoms with Gasteiger partial charge in [0, 0.05) is 31.4 Å². The maximum atomic E-state index is 5.56. The predicted molar refractivity (Wildman–Crippen MR) is 142 cm³/mol. The van der Waals surface area contributed by atoms with Crippen LogP contribution in [-0.4, -0.2) is 52.3 Å². The van der Waals surface area contributed by atoms with Crippen molar-refractivity contribution >= 4 is 11.6 Å². The SMILES string of the molecule is COc1ccc(CNc2ncc(CN(C)CCc3ccccc3)c3nc(-c4ccco4)nn23)cc1OC. The van der Waals surface area contributed by atoms with Crippen LogP contribution in [-0.2, 0) is 19.5 Å². The molecule has 1 N–H and O–H groups in total. The first-order valence-electron chi connectivity index (χ1n) is 12.1. The molecule has 0 radical (unpaired) electrons. The van der Waals surface area contributed by atoms with Gasteiger partial charge in [-0.15, -0.1) is 5.10 Å². The van der Waals surface area contributed by atoms with Gasteiger partial charge in [-0.2, -0.15) is 4.52 Å². The Kier molecular flexibility index (Phi) is 7.32. The molecule has 9 heteroatoms. The van der Waals surface area contributed by atoms with E-state index < -0.39 is 0 Å². The van der Waals surface area contributed by atoms with Crippen molar-refractivity contribution in [1.82, 2.24) is 24.5 Å². The molecule has 0 aliphatic rings. The lowest BCUT2D eigenvalue weighted by molar-refractivity contribution is 0.331. The van der Waals surface area contributed by atoms with Crippen LogP contribution in [0.4, 0.5) is 5.95 Å². The van der Waals surface area contributed by atoms with Crippen LogP contribution in [0.2, 0.25) is 0 Å². The Morgan fingerprint density at radius 1 is 0.973 bits per heavy atom. The van der Waals surface area contributed by atoms with Gasteiger partial charge >= 0.3 is 0 Å². The molecular weight excluding hydrogens is 468 g/mol. The number of hydrogen-bond acceptors (Lipinski definition) is 8. The van der Waals surface area contributed by atoms with Crippen molar-refractivity contribution in [3.63, 3.8) is 0 Å². The van der Waals surface area contributed by atoms with E-state index in [0.717, 1.165) is 29.7 Å². The van der Waals surface area contributed by atoms with E-state index in [0.29, 0.717) is 42.1 Å². The zero-order valence-corrected chi connectivity index (χ0v) is 21.2. The van der Waals surface area contributed by atoms with Crippen molar-refractivity contribution in [2.24, 2.45) is 0 Å². The number of furan rings is 1. The lowest BCUT2D eigenvalue weighted by atomic mass is 10.1. The molecule has 0 fully saturated rings. The van der Waals surface area contributed by atoms with E-state index >= 15 is 0 Å². The zero-order valence-electron chi connectivity index (χ0n) is 21.2. The molecule has 5 rings (SSSR count). The van der Waals surface area contributed by atoms with Gasteiger partial charge in [0.2, 0.25) is 11.8 Å². The summed E-state index contributed by atoms with van der Waals surface area (Å²) in [6.45, 7) is 2.12. The molecule has 0 spiro atoms. The fourth-order valence-corrected chi connectivity index (χ4v) is 4.17. The molecule has 3 aromatic heterocycles. The number of benzene rings is 2. The number of methoxy groups -OCH3 is 2. The van der Waals surface area contributed by atoms with Gasteiger partial charge in [0.1, 0.15) is 0 Å². The number of anilines is 1. The van der Waals surface area contributed by atoms with Gasteiger partial charge in [-0.25, -0.2) is 9.97 Å². The quantitative estimate of drug-likeness (QED) is 0.281. The van der Waals surface area contributed by atoms with Crippen molar-refractivity contribution < 1.29 is 13.9 Å². The number of likely N-dealkylation sites (N-methyl/N-ethyl adjacent to an activating group) is 1. The highest BCUT2D eigenvalue weighted by Crippen LogP contribution is 2.28. The number of nitrogens with zero attached hydrogens (tertiary/aromatic N) is 5. The molecule has 0 atom stereocenters. The van der Waals surface area contributed by atoms with Gasteiger partial charge in [0.05, 0.1) is 20.5 Å². The minimum atomic E-state index is 0.514. The summed E-state index contributed by atoms with van der Waals surface area (Å²) in [4.78, 5) is 11.8. The second kappa shape index (κ2) is 11.1. The van der Waals surface area contributed by atoms with E-state index in [2.05, 4.69) is 41.5 Å². The molecule has 37 heavy (non-hydrogen) atoms. The molecule has 9 nitrogen and oxygen atoms in total. The van der Waals surface area contributed by atoms with Crippen LogP contribution in [0, 0.1) is 0 Å². The summed E-state index contributed by atoms with van der Waals surface area (Å²) in [7, 11) is 5.35.